The van der Waals surface area contributed by atoms with E-state index in [1.165, 1.54) is 11.7 Å². The summed E-state index contributed by atoms with van der Waals surface area (Å²) in [5.41, 5.74) is 1.86. The third-order valence-electron chi connectivity index (χ3n) is 4.10. The molecule has 0 saturated heterocycles. The number of nitrogens with one attached hydrogen (secondary N) is 1. The van der Waals surface area contributed by atoms with Gasteiger partial charge in [0.2, 0.25) is 0 Å². The van der Waals surface area contributed by atoms with E-state index in [4.69, 9.17) is 23.2 Å². The lowest BCUT2D eigenvalue weighted by Gasteiger charge is -2.10. The Balaban J connectivity index is 2.17. The van der Waals surface area contributed by atoms with Gasteiger partial charge >= 0.3 is 5.69 Å². The number of H-pyrrole nitrogens is 1. The molecule has 0 saturated carbocycles. The summed E-state index contributed by atoms with van der Waals surface area (Å²) >= 11 is 12.0. The summed E-state index contributed by atoms with van der Waals surface area (Å²) in [6, 6.07) is 13.9. The Morgan fingerprint density at radius 3 is 1.88 bits per heavy atom. The summed E-state index contributed by atoms with van der Waals surface area (Å²) in [7, 11) is 1.53. The van der Waals surface area contributed by atoms with E-state index >= 15 is 0 Å². The molecular formula is C18H12Cl2N4O2. The van der Waals surface area contributed by atoms with Gasteiger partial charge in [-0.3, -0.25) is 9.89 Å². The molecule has 0 amide bonds. The van der Waals surface area contributed by atoms with Gasteiger partial charge in [-0.1, -0.05) is 47.5 Å². The molecule has 0 aliphatic carbocycles. The van der Waals surface area contributed by atoms with Crippen LogP contribution < -0.4 is 11.2 Å². The van der Waals surface area contributed by atoms with Gasteiger partial charge in [-0.05, 0) is 35.4 Å². The first-order valence-corrected chi connectivity index (χ1v) is 8.45. The summed E-state index contributed by atoms with van der Waals surface area (Å²) in [4.78, 5) is 25.1. The summed E-state index contributed by atoms with van der Waals surface area (Å²) < 4.78 is 2.32. The molecule has 130 valence electrons. The van der Waals surface area contributed by atoms with Crippen LogP contribution in [0.1, 0.15) is 0 Å². The molecule has 4 aromatic rings. The lowest BCUT2D eigenvalue weighted by Crippen LogP contribution is -2.25. The third-order valence-corrected chi connectivity index (χ3v) is 4.61. The van der Waals surface area contributed by atoms with Crippen LogP contribution in [-0.2, 0) is 7.05 Å². The highest BCUT2D eigenvalue weighted by Gasteiger charge is 2.20. The molecule has 2 heterocycles. The number of hydrogen-bond acceptors (Lipinski definition) is 3. The van der Waals surface area contributed by atoms with Gasteiger partial charge in [-0.15, -0.1) is 5.10 Å². The number of aryl methyl sites for hydroxylation is 1. The zero-order chi connectivity index (χ0) is 18.4. The highest BCUT2D eigenvalue weighted by Crippen LogP contribution is 2.32. The molecule has 0 unspecified atom stereocenters. The number of aromatic amines is 1. The normalized spacial score (nSPS) is 11.2. The lowest BCUT2D eigenvalue weighted by atomic mass is 9.97. The average molecular weight is 387 g/mol. The monoisotopic (exact) mass is 386 g/mol. The van der Waals surface area contributed by atoms with Gasteiger partial charge in [0.1, 0.15) is 0 Å². The van der Waals surface area contributed by atoms with E-state index in [1.807, 2.05) is 0 Å². The predicted molar refractivity (Wildman–Crippen MR) is 102 cm³/mol. The number of benzene rings is 2. The van der Waals surface area contributed by atoms with Crippen LogP contribution in [-0.4, -0.2) is 19.4 Å². The summed E-state index contributed by atoms with van der Waals surface area (Å²) in [5, 5.41) is 8.02. The van der Waals surface area contributed by atoms with E-state index in [0.29, 0.717) is 32.4 Å². The van der Waals surface area contributed by atoms with Gasteiger partial charge in [0, 0.05) is 22.7 Å². The van der Waals surface area contributed by atoms with Crippen molar-refractivity contribution in [2.75, 3.05) is 0 Å². The number of aromatic nitrogens is 4. The first kappa shape index (κ1) is 16.6. The number of fused-ring (bicyclic) bond motifs is 1. The second kappa shape index (κ2) is 6.16. The van der Waals surface area contributed by atoms with Crippen molar-refractivity contribution >= 4 is 28.8 Å². The lowest BCUT2D eigenvalue weighted by molar-refractivity contribution is 0.715. The maximum Gasteiger partial charge on any atom is 0.365 e. The van der Waals surface area contributed by atoms with Crippen molar-refractivity contribution in [1.82, 2.24) is 19.4 Å². The molecule has 26 heavy (non-hydrogen) atoms. The predicted octanol–water partition coefficient (Wildman–Crippen LogP) is 3.36. The standard InChI is InChI=1S/C18H12Cl2N4O2/c1-23-18(26)24-16(21-23)14(10-2-6-12(19)7-3-10)15(17(25)22-24)11-4-8-13(20)9-5-11/h2-9H,1H3,(H,22,25). The number of nitrogens with zero attached hydrogens (tertiary/aromatic N) is 3. The van der Waals surface area contributed by atoms with Crippen molar-refractivity contribution in [2.24, 2.45) is 7.05 Å². The Labute approximate surface area is 157 Å². The van der Waals surface area contributed by atoms with Crippen molar-refractivity contribution in [3.63, 3.8) is 0 Å². The maximum absolute atomic E-state index is 12.8. The van der Waals surface area contributed by atoms with Gasteiger partial charge in [0.15, 0.2) is 5.65 Å². The van der Waals surface area contributed by atoms with Gasteiger partial charge in [0.25, 0.3) is 5.56 Å². The average Bonchev–Trinajstić information content (AvgIpc) is 2.90. The van der Waals surface area contributed by atoms with Crippen molar-refractivity contribution in [2.45, 2.75) is 0 Å². The highest BCUT2D eigenvalue weighted by molar-refractivity contribution is 6.31. The Kier molecular flexibility index (Phi) is 3.94. The van der Waals surface area contributed by atoms with Crippen LogP contribution in [0.3, 0.4) is 0 Å². The van der Waals surface area contributed by atoms with Crippen LogP contribution in [0.25, 0.3) is 27.9 Å². The van der Waals surface area contributed by atoms with Gasteiger partial charge in [-0.2, -0.15) is 4.52 Å². The molecular weight excluding hydrogens is 375 g/mol. The fourth-order valence-corrected chi connectivity index (χ4v) is 3.14. The second-order valence-electron chi connectivity index (χ2n) is 5.77. The minimum absolute atomic E-state index is 0.351. The minimum atomic E-state index is -0.435. The molecule has 4 rings (SSSR count). The minimum Gasteiger partial charge on any atom is -0.267 e. The Bertz CT molecular complexity index is 1240. The Morgan fingerprint density at radius 2 is 1.35 bits per heavy atom. The van der Waals surface area contributed by atoms with E-state index < -0.39 is 11.2 Å². The molecule has 0 radical (unpaired) electrons. The van der Waals surface area contributed by atoms with Crippen LogP contribution in [0.15, 0.2) is 58.1 Å². The van der Waals surface area contributed by atoms with Crippen molar-refractivity contribution in [1.29, 1.82) is 0 Å². The number of rotatable bonds is 2. The molecule has 2 aromatic carbocycles. The smallest absolute Gasteiger partial charge is 0.267 e. The largest absolute Gasteiger partial charge is 0.365 e. The quantitative estimate of drug-likeness (QED) is 0.573. The summed E-state index contributed by atoms with van der Waals surface area (Å²) in [5.74, 6) is 0. The zero-order valence-electron chi connectivity index (χ0n) is 13.5. The topological polar surface area (TPSA) is 72.2 Å². The van der Waals surface area contributed by atoms with Crippen LogP contribution in [0.4, 0.5) is 0 Å². The van der Waals surface area contributed by atoms with Crippen molar-refractivity contribution in [3.05, 3.63) is 79.4 Å². The van der Waals surface area contributed by atoms with Crippen molar-refractivity contribution in [3.8, 4) is 22.3 Å². The van der Waals surface area contributed by atoms with E-state index in [9.17, 15) is 9.59 Å². The van der Waals surface area contributed by atoms with Gasteiger partial charge < -0.3 is 0 Å². The van der Waals surface area contributed by atoms with E-state index in [1.54, 1.807) is 48.5 Å². The molecule has 1 N–H and O–H groups in total. The highest BCUT2D eigenvalue weighted by atomic mass is 35.5. The molecule has 0 aliphatic rings. The third kappa shape index (κ3) is 2.64. The molecule has 6 nitrogen and oxygen atoms in total. The van der Waals surface area contributed by atoms with Crippen LogP contribution >= 0.6 is 23.2 Å². The fourth-order valence-electron chi connectivity index (χ4n) is 2.89. The molecule has 0 atom stereocenters. The van der Waals surface area contributed by atoms with Crippen LogP contribution in [0.5, 0.6) is 0 Å². The number of hydrogen-bond donors (Lipinski definition) is 1. The van der Waals surface area contributed by atoms with E-state index in [0.717, 1.165) is 10.1 Å². The van der Waals surface area contributed by atoms with Crippen molar-refractivity contribution < 1.29 is 0 Å². The molecule has 0 bridgehead atoms. The molecule has 0 aliphatic heterocycles. The van der Waals surface area contributed by atoms with Crippen LogP contribution in [0, 0.1) is 0 Å². The van der Waals surface area contributed by atoms with E-state index in [2.05, 4.69) is 10.2 Å². The SMILES string of the molecule is Cn1nc2c(-c3ccc(Cl)cc3)c(-c3ccc(Cl)cc3)c(=O)[nH]n2c1=O. The molecule has 2 aromatic heterocycles. The number of halogens is 2. The fraction of sp³-hybridized carbons (Fsp3) is 0.0556. The van der Waals surface area contributed by atoms with Gasteiger partial charge in [-0.25, -0.2) is 9.48 Å². The van der Waals surface area contributed by atoms with Crippen LogP contribution in [0.2, 0.25) is 10.0 Å². The first-order chi connectivity index (χ1) is 12.5. The first-order valence-electron chi connectivity index (χ1n) is 7.69. The molecule has 0 fully saturated rings. The Hall–Kier alpha value is -2.83. The van der Waals surface area contributed by atoms with E-state index in [-0.39, 0.29) is 0 Å². The zero-order valence-corrected chi connectivity index (χ0v) is 15.0. The van der Waals surface area contributed by atoms with Gasteiger partial charge in [0.05, 0.1) is 5.56 Å². The summed E-state index contributed by atoms with van der Waals surface area (Å²) in [6.07, 6.45) is 0. The molecule has 0 spiro atoms. The summed E-state index contributed by atoms with van der Waals surface area (Å²) in [6.45, 7) is 0. The Morgan fingerprint density at radius 1 is 0.846 bits per heavy atom. The maximum atomic E-state index is 12.8. The second-order valence-corrected chi connectivity index (χ2v) is 6.64. The molecule has 8 heteroatoms.